The molecule has 0 spiro atoms. The Labute approximate surface area is 126 Å². The monoisotopic (exact) mass is 284 g/mol. The van der Waals surface area contributed by atoms with E-state index in [9.17, 15) is 4.79 Å². The molecule has 1 aromatic heterocycles. The van der Waals surface area contributed by atoms with Crippen molar-refractivity contribution in [3.05, 3.63) is 42.1 Å². The molecule has 3 nitrogen and oxygen atoms in total. The van der Waals surface area contributed by atoms with E-state index in [1.165, 1.54) is 0 Å². The van der Waals surface area contributed by atoms with Gasteiger partial charge in [0, 0.05) is 23.6 Å². The fourth-order valence-electron chi connectivity index (χ4n) is 2.73. The van der Waals surface area contributed by atoms with Crippen LogP contribution in [0.3, 0.4) is 0 Å². The lowest BCUT2D eigenvalue weighted by molar-refractivity contribution is 0.0969. The Hall–Kier alpha value is -1.74. The Morgan fingerprint density at radius 2 is 2.05 bits per heavy atom. The zero-order valence-corrected chi connectivity index (χ0v) is 12.9. The van der Waals surface area contributed by atoms with Gasteiger partial charge in [-0.3, -0.25) is 9.78 Å². The molecule has 0 saturated heterocycles. The number of nitrogens with zero attached hydrogens (tertiary/aromatic N) is 1. The smallest absolute Gasteiger partial charge is 0.162 e. The summed E-state index contributed by atoms with van der Waals surface area (Å²) < 4.78 is 0. The van der Waals surface area contributed by atoms with Gasteiger partial charge >= 0.3 is 0 Å². The van der Waals surface area contributed by atoms with E-state index >= 15 is 0 Å². The van der Waals surface area contributed by atoms with Gasteiger partial charge in [-0.1, -0.05) is 32.0 Å². The number of hydrogen-bond acceptors (Lipinski definition) is 3. The predicted molar refractivity (Wildman–Crippen MR) is 87.3 cm³/mol. The first-order valence-corrected chi connectivity index (χ1v) is 7.70. The van der Waals surface area contributed by atoms with Gasteiger partial charge in [0.25, 0.3) is 0 Å². The maximum Gasteiger partial charge on any atom is 0.162 e. The number of carbonyl (C=O) groups is 1. The number of fused-ring (bicyclic) bond motifs is 1. The van der Waals surface area contributed by atoms with Gasteiger partial charge in [0.1, 0.15) is 0 Å². The lowest BCUT2D eigenvalue weighted by atomic mass is 9.87. The highest BCUT2D eigenvalue weighted by Crippen LogP contribution is 2.22. The number of ketones is 1. The largest absolute Gasteiger partial charge is 0.330 e. The van der Waals surface area contributed by atoms with Crippen molar-refractivity contribution in [3.8, 4) is 0 Å². The van der Waals surface area contributed by atoms with Crippen LogP contribution in [0.1, 0.15) is 43.5 Å². The maximum atomic E-state index is 12.4. The summed E-state index contributed by atoms with van der Waals surface area (Å²) >= 11 is 0. The molecule has 21 heavy (non-hydrogen) atoms. The number of rotatable bonds is 7. The van der Waals surface area contributed by atoms with Crippen LogP contribution in [0.4, 0.5) is 0 Å². The third kappa shape index (κ3) is 4.11. The van der Waals surface area contributed by atoms with Crippen molar-refractivity contribution < 1.29 is 4.79 Å². The Morgan fingerprint density at radius 3 is 2.76 bits per heavy atom. The molecule has 0 amide bonds. The quantitative estimate of drug-likeness (QED) is 0.786. The van der Waals surface area contributed by atoms with E-state index < -0.39 is 0 Å². The van der Waals surface area contributed by atoms with Crippen molar-refractivity contribution in [2.24, 2.45) is 17.6 Å². The molecule has 0 aliphatic heterocycles. The zero-order chi connectivity index (χ0) is 15.2. The van der Waals surface area contributed by atoms with Crippen molar-refractivity contribution in [1.29, 1.82) is 0 Å². The number of carbonyl (C=O) groups excluding carboxylic acids is 1. The van der Waals surface area contributed by atoms with E-state index in [4.69, 9.17) is 5.73 Å². The maximum absolute atomic E-state index is 12.4. The first kappa shape index (κ1) is 15.6. The molecule has 2 rings (SSSR count). The van der Waals surface area contributed by atoms with E-state index in [0.29, 0.717) is 24.8 Å². The van der Waals surface area contributed by atoms with E-state index in [1.54, 1.807) is 6.20 Å². The minimum Gasteiger partial charge on any atom is -0.330 e. The molecule has 0 bridgehead atoms. The Kier molecular flexibility index (Phi) is 5.45. The number of nitrogens with two attached hydrogens (primary N) is 1. The normalized spacial score (nSPS) is 12.8. The molecular formula is C18H24N2O. The molecule has 1 unspecified atom stereocenters. The number of pyridine rings is 1. The van der Waals surface area contributed by atoms with Gasteiger partial charge in [-0.15, -0.1) is 0 Å². The van der Waals surface area contributed by atoms with Crippen molar-refractivity contribution in [2.45, 2.75) is 33.1 Å². The molecule has 0 aliphatic rings. The molecule has 2 aromatic rings. The second-order valence-corrected chi connectivity index (χ2v) is 5.95. The van der Waals surface area contributed by atoms with Gasteiger partial charge in [-0.2, -0.15) is 0 Å². The summed E-state index contributed by atoms with van der Waals surface area (Å²) in [5.41, 5.74) is 7.29. The first-order valence-electron chi connectivity index (χ1n) is 7.70. The highest BCUT2D eigenvalue weighted by Gasteiger charge is 2.15. The fourth-order valence-corrected chi connectivity index (χ4v) is 2.73. The van der Waals surface area contributed by atoms with Gasteiger partial charge in [0.05, 0.1) is 5.52 Å². The third-order valence-electron chi connectivity index (χ3n) is 4.15. The van der Waals surface area contributed by atoms with E-state index in [-0.39, 0.29) is 5.78 Å². The number of hydrogen-bond donors (Lipinski definition) is 1. The zero-order valence-electron chi connectivity index (χ0n) is 12.9. The molecule has 0 saturated carbocycles. The average Bonchev–Trinajstić information content (AvgIpc) is 2.50. The van der Waals surface area contributed by atoms with Crippen molar-refractivity contribution in [3.63, 3.8) is 0 Å². The molecule has 3 heteroatoms. The predicted octanol–water partition coefficient (Wildman–Crippen LogP) is 3.82. The fraction of sp³-hybridized carbons (Fsp3) is 0.444. The summed E-state index contributed by atoms with van der Waals surface area (Å²) in [5, 5.41) is 1.07. The van der Waals surface area contributed by atoms with Crippen molar-refractivity contribution in [1.82, 2.24) is 4.98 Å². The first-order chi connectivity index (χ1) is 10.1. The minimum absolute atomic E-state index is 0.199. The highest BCUT2D eigenvalue weighted by atomic mass is 16.1. The van der Waals surface area contributed by atoms with Crippen LogP contribution in [0.5, 0.6) is 0 Å². The van der Waals surface area contributed by atoms with Crippen LogP contribution in [0.2, 0.25) is 0 Å². The molecule has 0 aliphatic carbocycles. The van der Waals surface area contributed by atoms with Crippen molar-refractivity contribution in [2.75, 3.05) is 6.54 Å². The summed E-state index contributed by atoms with van der Waals surface area (Å²) in [6, 6.07) is 9.68. The van der Waals surface area contributed by atoms with Gasteiger partial charge in [-0.25, -0.2) is 0 Å². The van der Waals surface area contributed by atoms with E-state index in [2.05, 4.69) is 18.8 Å². The average molecular weight is 284 g/mol. The van der Waals surface area contributed by atoms with Crippen LogP contribution in [-0.2, 0) is 0 Å². The number of benzene rings is 1. The molecule has 112 valence electrons. The number of aromatic nitrogens is 1. The van der Waals surface area contributed by atoms with E-state index in [1.807, 2.05) is 30.3 Å². The summed E-state index contributed by atoms with van der Waals surface area (Å²) in [4.78, 5) is 16.7. The number of Topliss-reactive ketones (excluding diaryl/α,β-unsaturated/α-hetero) is 1. The standard InChI is InChI=1S/C18H24N2O/c1-13(2)14(9-10-19)7-8-18(21)16-6-5-15-4-3-11-20-17(15)12-16/h3-6,11-14H,7-10,19H2,1-2H3. The SMILES string of the molecule is CC(C)C(CCN)CCC(=O)c1ccc2cccnc2c1. The third-order valence-corrected chi connectivity index (χ3v) is 4.15. The van der Waals surface area contributed by atoms with Gasteiger partial charge in [0.2, 0.25) is 0 Å². The Morgan fingerprint density at radius 1 is 1.24 bits per heavy atom. The van der Waals surface area contributed by atoms with Gasteiger partial charge in [0.15, 0.2) is 5.78 Å². The molecule has 1 aromatic carbocycles. The second-order valence-electron chi connectivity index (χ2n) is 5.95. The summed E-state index contributed by atoms with van der Waals surface area (Å²) in [6.07, 6.45) is 4.24. The molecule has 0 radical (unpaired) electrons. The van der Waals surface area contributed by atoms with Gasteiger partial charge < -0.3 is 5.73 Å². The Balaban J connectivity index is 2.04. The highest BCUT2D eigenvalue weighted by molar-refractivity contribution is 5.99. The lowest BCUT2D eigenvalue weighted by Crippen LogP contribution is -2.15. The van der Waals surface area contributed by atoms with E-state index in [0.717, 1.165) is 29.3 Å². The van der Waals surface area contributed by atoms with Crippen LogP contribution in [0.15, 0.2) is 36.5 Å². The molecule has 0 fully saturated rings. The van der Waals surface area contributed by atoms with Crippen molar-refractivity contribution >= 4 is 16.7 Å². The molecule has 1 heterocycles. The molecule has 2 N–H and O–H groups in total. The summed E-state index contributed by atoms with van der Waals surface area (Å²) in [7, 11) is 0. The summed E-state index contributed by atoms with van der Waals surface area (Å²) in [5.74, 6) is 1.29. The minimum atomic E-state index is 0.199. The van der Waals surface area contributed by atoms with Crippen LogP contribution < -0.4 is 5.73 Å². The van der Waals surface area contributed by atoms with Crippen LogP contribution in [0.25, 0.3) is 10.9 Å². The van der Waals surface area contributed by atoms with Crippen LogP contribution >= 0.6 is 0 Å². The topological polar surface area (TPSA) is 56.0 Å². The molecular weight excluding hydrogens is 260 g/mol. The van der Waals surface area contributed by atoms with Crippen LogP contribution in [0, 0.1) is 11.8 Å². The van der Waals surface area contributed by atoms with Gasteiger partial charge in [-0.05, 0) is 43.4 Å². The Bertz CT molecular complexity index is 607. The summed E-state index contributed by atoms with van der Waals surface area (Å²) in [6.45, 7) is 5.09. The lowest BCUT2D eigenvalue weighted by Gasteiger charge is -2.19. The van der Waals surface area contributed by atoms with Crippen LogP contribution in [-0.4, -0.2) is 17.3 Å². The molecule has 1 atom stereocenters. The second kappa shape index (κ2) is 7.32.